The number of ether oxygens (including phenoxy) is 2. The van der Waals surface area contributed by atoms with Gasteiger partial charge >= 0.3 is 0 Å². The van der Waals surface area contributed by atoms with Gasteiger partial charge in [-0.05, 0) is 55.2 Å². The van der Waals surface area contributed by atoms with Crippen molar-refractivity contribution in [2.75, 3.05) is 13.2 Å². The van der Waals surface area contributed by atoms with E-state index in [1.165, 1.54) is 31.2 Å². The van der Waals surface area contributed by atoms with E-state index in [9.17, 15) is 0 Å². The molecule has 0 amide bonds. The molecule has 20 heavy (non-hydrogen) atoms. The fraction of sp³-hybridized carbons (Fsp3) is 0.667. The third-order valence-electron chi connectivity index (χ3n) is 5.11. The van der Waals surface area contributed by atoms with Crippen molar-refractivity contribution in [1.29, 1.82) is 0 Å². The molecule has 0 N–H and O–H groups in total. The Morgan fingerprint density at radius 1 is 1.25 bits per heavy atom. The highest BCUT2D eigenvalue weighted by Gasteiger charge is 2.38. The highest BCUT2D eigenvalue weighted by atomic mass is 16.5. The Bertz CT molecular complexity index is 426. The molecule has 110 valence electrons. The van der Waals surface area contributed by atoms with E-state index >= 15 is 0 Å². The molecular formula is C18H26O2. The van der Waals surface area contributed by atoms with E-state index in [0.29, 0.717) is 17.9 Å². The lowest BCUT2D eigenvalue weighted by atomic mass is 9.77. The SMILES string of the molecule is CCC(C)c1ccc(OCC2CCC3COC3C2)cc1. The van der Waals surface area contributed by atoms with Crippen LogP contribution in [0.3, 0.4) is 0 Å². The Labute approximate surface area is 122 Å². The fourth-order valence-electron chi connectivity index (χ4n) is 3.29. The van der Waals surface area contributed by atoms with Gasteiger partial charge in [0.1, 0.15) is 5.75 Å². The Morgan fingerprint density at radius 3 is 2.65 bits per heavy atom. The number of hydrogen-bond donors (Lipinski definition) is 0. The predicted octanol–water partition coefficient (Wildman–Crippen LogP) is 4.39. The summed E-state index contributed by atoms with van der Waals surface area (Å²) in [7, 11) is 0. The maximum Gasteiger partial charge on any atom is 0.119 e. The Kier molecular flexibility index (Phi) is 4.30. The summed E-state index contributed by atoms with van der Waals surface area (Å²) in [6, 6.07) is 8.64. The smallest absolute Gasteiger partial charge is 0.119 e. The van der Waals surface area contributed by atoms with E-state index < -0.39 is 0 Å². The normalized spacial score (nSPS) is 30.2. The molecule has 0 aromatic heterocycles. The predicted molar refractivity (Wildman–Crippen MR) is 81.2 cm³/mol. The van der Waals surface area contributed by atoms with Gasteiger partial charge in [0, 0.05) is 5.92 Å². The molecule has 2 nitrogen and oxygen atoms in total. The number of benzene rings is 1. The third-order valence-corrected chi connectivity index (χ3v) is 5.11. The Morgan fingerprint density at radius 2 is 2.05 bits per heavy atom. The van der Waals surface area contributed by atoms with Gasteiger partial charge in [-0.25, -0.2) is 0 Å². The van der Waals surface area contributed by atoms with Gasteiger partial charge in [0.15, 0.2) is 0 Å². The topological polar surface area (TPSA) is 18.5 Å². The summed E-state index contributed by atoms with van der Waals surface area (Å²) in [6.45, 7) is 6.34. The summed E-state index contributed by atoms with van der Waals surface area (Å²) in [5.41, 5.74) is 1.41. The molecule has 1 saturated carbocycles. The second-order valence-electron chi connectivity index (χ2n) is 6.50. The highest BCUT2D eigenvalue weighted by molar-refractivity contribution is 5.29. The largest absolute Gasteiger partial charge is 0.493 e. The van der Waals surface area contributed by atoms with Crippen LogP contribution in [0.5, 0.6) is 5.75 Å². The molecule has 3 rings (SSSR count). The Hall–Kier alpha value is -1.02. The van der Waals surface area contributed by atoms with Crippen LogP contribution >= 0.6 is 0 Å². The van der Waals surface area contributed by atoms with E-state index in [2.05, 4.69) is 38.1 Å². The van der Waals surface area contributed by atoms with Crippen molar-refractivity contribution in [3.05, 3.63) is 29.8 Å². The minimum atomic E-state index is 0.533. The van der Waals surface area contributed by atoms with Gasteiger partial charge in [0.05, 0.1) is 19.3 Å². The van der Waals surface area contributed by atoms with Crippen LogP contribution in [0.1, 0.15) is 51.0 Å². The van der Waals surface area contributed by atoms with Gasteiger partial charge in [-0.2, -0.15) is 0 Å². The molecule has 1 aliphatic carbocycles. The molecule has 2 heteroatoms. The summed E-state index contributed by atoms with van der Waals surface area (Å²) in [5, 5.41) is 0. The molecule has 4 atom stereocenters. The monoisotopic (exact) mass is 274 g/mol. The van der Waals surface area contributed by atoms with Crippen molar-refractivity contribution < 1.29 is 9.47 Å². The number of hydrogen-bond acceptors (Lipinski definition) is 2. The standard InChI is InChI=1S/C18H26O2/c1-3-13(2)15-6-8-17(9-7-15)19-11-14-4-5-16-12-20-18(16)10-14/h6-9,13-14,16,18H,3-5,10-12H2,1-2H3. The maximum atomic E-state index is 5.97. The van der Waals surface area contributed by atoms with E-state index in [0.717, 1.165) is 24.9 Å². The van der Waals surface area contributed by atoms with Gasteiger partial charge in [0.25, 0.3) is 0 Å². The zero-order valence-electron chi connectivity index (χ0n) is 12.7. The quantitative estimate of drug-likeness (QED) is 0.792. The molecule has 1 saturated heterocycles. The molecule has 1 aromatic carbocycles. The summed E-state index contributed by atoms with van der Waals surface area (Å²) < 4.78 is 11.6. The molecule has 1 aliphatic heterocycles. The summed E-state index contributed by atoms with van der Waals surface area (Å²) >= 11 is 0. The van der Waals surface area contributed by atoms with Crippen LogP contribution in [0.4, 0.5) is 0 Å². The average Bonchev–Trinajstić information content (AvgIpc) is 2.47. The first-order chi connectivity index (χ1) is 9.76. The van der Waals surface area contributed by atoms with Crippen LogP contribution in [0.25, 0.3) is 0 Å². The molecule has 1 aromatic rings. The van der Waals surface area contributed by atoms with Crippen molar-refractivity contribution in [3.63, 3.8) is 0 Å². The van der Waals surface area contributed by atoms with E-state index in [-0.39, 0.29) is 0 Å². The highest BCUT2D eigenvalue weighted by Crippen LogP contribution is 2.37. The van der Waals surface area contributed by atoms with Crippen LogP contribution in [-0.2, 0) is 4.74 Å². The van der Waals surface area contributed by atoms with Crippen LogP contribution < -0.4 is 4.74 Å². The van der Waals surface area contributed by atoms with Crippen LogP contribution in [-0.4, -0.2) is 19.3 Å². The van der Waals surface area contributed by atoms with Gasteiger partial charge < -0.3 is 9.47 Å². The Balaban J connectivity index is 1.48. The lowest BCUT2D eigenvalue weighted by molar-refractivity contribution is -0.146. The van der Waals surface area contributed by atoms with Crippen molar-refractivity contribution in [3.8, 4) is 5.75 Å². The van der Waals surface area contributed by atoms with Crippen LogP contribution in [0, 0.1) is 11.8 Å². The number of rotatable bonds is 5. The van der Waals surface area contributed by atoms with E-state index in [1.54, 1.807) is 0 Å². The molecule has 0 bridgehead atoms. The number of fused-ring (bicyclic) bond motifs is 1. The molecule has 0 spiro atoms. The zero-order chi connectivity index (χ0) is 13.9. The fourth-order valence-corrected chi connectivity index (χ4v) is 3.29. The second-order valence-corrected chi connectivity index (χ2v) is 6.50. The van der Waals surface area contributed by atoms with Crippen molar-refractivity contribution in [2.24, 2.45) is 11.8 Å². The second kappa shape index (κ2) is 6.17. The minimum Gasteiger partial charge on any atom is -0.493 e. The average molecular weight is 274 g/mol. The van der Waals surface area contributed by atoms with Crippen LogP contribution in [0.2, 0.25) is 0 Å². The lowest BCUT2D eigenvalue weighted by Crippen LogP contribution is -2.45. The first-order valence-electron chi connectivity index (χ1n) is 8.10. The first-order valence-corrected chi connectivity index (χ1v) is 8.10. The van der Waals surface area contributed by atoms with Gasteiger partial charge in [-0.3, -0.25) is 0 Å². The van der Waals surface area contributed by atoms with Gasteiger partial charge in [-0.1, -0.05) is 26.0 Å². The lowest BCUT2D eigenvalue weighted by Gasteiger charge is -2.43. The van der Waals surface area contributed by atoms with Gasteiger partial charge in [-0.15, -0.1) is 0 Å². The summed E-state index contributed by atoms with van der Waals surface area (Å²) in [4.78, 5) is 0. The summed E-state index contributed by atoms with van der Waals surface area (Å²) in [5.74, 6) is 3.16. The zero-order valence-corrected chi connectivity index (χ0v) is 12.7. The first kappa shape index (κ1) is 13.9. The van der Waals surface area contributed by atoms with E-state index in [4.69, 9.17) is 9.47 Å². The molecule has 2 fully saturated rings. The third kappa shape index (κ3) is 3.01. The minimum absolute atomic E-state index is 0.533. The molecule has 2 aliphatic rings. The maximum absolute atomic E-state index is 5.97. The molecule has 1 heterocycles. The van der Waals surface area contributed by atoms with Crippen molar-refractivity contribution in [1.82, 2.24) is 0 Å². The molecular weight excluding hydrogens is 248 g/mol. The van der Waals surface area contributed by atoms with Crippen molar-refractivity contribution in [2.45, 2.75) is 51.6 Å². The van der Waals surface area contributed by atoms with Crippen LogP contribution in [0.15, 0.2) is 24.3 Å². The molecule has 4 unspecified atom stereocenters. The van der Waals surface area contributed by atoms with E-state index in [1.807, 2.05) is 0 Å². The van der Waals surface area contributed by atoms with Gasteiger partial charge in [0.2, 0.25) is 0 Å². The summed E-state index contributed by atoms with van der Waals surface area (Å²) in [6.07, 6.45) is 5.53. The van der Waals surface area contributed by atoms with Crippen molar-refractivity contribution >= 4 is 0 Å². The molecule has 0 radical (unpaired) electrons.